The molecule has 4 heteroatoms. The van der Waals surface area contributed by atoms with E-state index in [1.807, 2.05) is 0 Å². The molecule has 3 nitrogen and oxygen atoms in total. The normalized spacial score (nSPS) is 31.0. The minimum atomic E-state index is 0.435. The number of carbonyl (C=O) groups excluding carboxylic acids is 1. The minimum absolute atomic E-state index is 0.435. The summed E-state index contributed by atoms with van der Waals surface area (Å²) in [6, 6.07) is 0. The summed E-state index contributed by atoms with van der Waals surface area (Å²) < 4.78 is 0. The maximum Gasteiger partial charge on any atom is 0.222 e. The first-order valence-corrected chi connectivity index (χ1v) is 13.6. The number of thioether (sulfide) groups is 1. The lowest BCUT2D eigenvalue weighted by molar-refractivity contribution is -0.133. The molecule has 0 N–H and O–H groups in total. The molecule has 5 aliphatic rings. The highest BCUT2D eigenvalue weighted by molar-refractivity contribution is 8.02. The Bertz CT molecular complexity index is 596. The predicted octanol–water partition coefficient (Wildman–Crippen LogP) is 6.15. The van der Waals surface area contributed by atoms with Crippen LogP contribution < -0.4 is 0 Å². The van der Waals surface area contributed by atoms with Crippen molar-refractivity contribution in [3.8, 4) is 0 Å². The Morgan fingerprint density at radius 3 is 2.31 bits per heavy atom. The number of nitrogens with zero attached hydrogens (tertiary/aromatic N) is 2. The first kappa shape index (κ1) is 20.3. The number of amides is 1. The lowest BCUT2D eigenvalue weighted by Gasteiger charge is -2.45. The van der Waals surface area contributed by atoms with Gasteiger partial charge in [0.05, 0.1) is 5.37 Å². The van der Waals surface area contributed by atoms with Crippen molar-refractivity contribution in [2.75, 3.05) is 13.1 Å². The third-order valence-corrected chi connectivity index (χ3v) is 10.1. The van der Waals surface area contributed by atoms with Crippen molar-refractivity contribution >= 4 is 17.7 Å². The predicted molar refractivity (Wildman–Crippen MR) is 121 cm³/mol. The van der Waals surface area contributed by atoms with Gasteiger partial charge in [0.25, 0.3) is 0 Å². The Hall–Kier alpha value is -0.640. The van der Waals surface area contributed by atoms with Gasteiger partial charge in [0.1, 0.15) is 0 Å². The van der Waals surface area contributed by atoms with Gasteiger partial charge in [-0.25, -0.2) is 0 Å². The number of piperidine rings is 1. The van der Waals surface area contributed by atoms with Crippen molar-refractivity contribution < 1.29 is 4.79 Å². The third kappa shape index (κ3) is 4.25. The minimum Gasteiger partial charge on any atom is -0.359 e. The molecular weight excluding hydrogens is 376 g/mol. The number of hydrogen-bond donors (Lipinski definition) is 0. The van der Waals surface area contributed by atoms with Crippen LogP contribution >= 0.6 is 11.8 Å². The SMILES string of the molecule is O=C(CCC1CCCC1)N1CCC(C2SC=CN2C2(C3CCCCC3)CC2)CC1. The molecule has 2 heterocycles. The topological polar surface area (TPSA) is 23.6 Å². The summed E-state index contributed by atoms with van der Waals surface area (Å²) >= 11 is 2.07. The summed E-state index contributed by atoms with van der Waals surface area (Å²) in [7, 11) is 0. The van der Waals surface area contributed by atoms with E-state index in [0.717, 1.165) is 43.7 Å². The van der Waals surface area contributed by atoms with Gasteiger partial charge >= 0.3 is 0 Å². The summed E-state index contributed by atoms with van der Waals surface area (Å²) in [5.74, 6) is 2.94. The van der Waals surface area contributed by atoms with Gasteiger partial charge in [-0.3, -0.25) is 4.79 Å². The molecule has 1 saturated heterocycles. The number of likely N-dealkylation sites (tertiary alicyclic amines) is 1. The van der Waals surface area contributed by atoms with Crippen LogP contribution in [0.2, 0.25) is 0 Å². The molecule has 3 aliphatic carbocycles. The molecule has 5 rings (SSSR count). The van der Waals surface area contributed by atoms with Gasteiger partial charge in [0.15, 0.2) is 0 Å². The van der Waals surface area contributed by atoms with E-state index < -0.39 is 0 Å². The van der Waals surface area contributed by atoms with Crippen LogP contribution in [0.3, 0.4) is 0 Å². The van der Waals surface area contributed by atoms with Crippen LogP contribution in [0.5, 0.6) is 0 Å². The monoisotopic (exact) mass is 416 g/mol. The summed E-state index contributed by atoms with van der Waals surface area (Å²) in [4.78, 5) is 17.7. The van der Waals surface area contributed by atoms with Gasteiger partial charge in [-0.15, -0.1) is 11.8 Å². The molecule has 0 aromatic rings. The maximum atomic E-state index is 12.7. The van der Waals surface area contributed by atoms with Crippen LogP contribution in [-0.2, 0) is 4.79 Å². The summed E-state index contributed by atoms with van der Waals surface area (Å²) in [6.45, 7) is 1.99. The fourth-order valence-electron chi connectivity index (χ4n) is 6.94. The smallest absolute Gasteiger partial charge is 0.222 e. The Morgan fingerprint density at radius 1 is 0.931 bits per heavy atom. The molecule has 162 valence electrons. The summed E-state index contributed by atoms with van der Waals surface area (Å²) in [5, 5.41) is 3.00. The molecule has 0 bridgehead atoms. The van der Waals surface area contributed by atoms with Crippen LogP contribution in [0.1, 0.15) is 96.3 Å². The van der Waals surface area contributed by atoms with Crippen LogP contribution in [0.4, 0.5) is 0 Å². The quantitative estimate of drug-likeness (QED) is 0.518. The molecule has 0 aromatic heterocycles. The van der Waals surface area contributed by atoms with Crippen LogP contribution in [-0.4, -0.2) is 39.7 Å². The first-order valence-electron chi connectivity index (χ1n) is 12.6. The van der Waals surface area contributed by atoms with Crippen molar-refractivity contribution in [1.29, 1.82) is 0 Å². The zero-order valence-electron chi connectivity index (χ0n) is 18.2. The fraction of sp³-hybridized carbons (Fsp3) is 0.880. The molecule has 3 saturated carbocycles. The molecule has 0 radical (unpaired) electrons. The number of rotatable bonds is 6. The van der Waals surface area contributed by atoms with Gasteiger partial charge in [-0.2, -0.15) is 0 Å². The largest absolute Gasteiger partial charge is 0.359 e. The van der Waals surface area contributed by atoms with Gasteiger partial charge in [-0.05, 0) is 68.1 Å². The van der Waals surface area contributed by atoms with Crippen molar-refractivity contribution in [2.24, 2.45) is 17.8 Å². The second-order valence-corrected chi connectivity index (χ2v) is 11.6. The second-order valence-electron chi connectivity index (χ2n) is 10.6. The van der Waals surface area contributed by atoms with Crippen molar-refractivity contribution in [2.45, 2.75) is 107 Å². The zero-order chi connectivity index (χ0) is 19.7. The molecule has 0 aromatic carbocycles. The van der Waals surface area contributed by atoms with Gasteiger partial charge < -0.3 is 9.80 Å². The number of carbonyl (C=O) groups is 1. The fourth-order valence-corrected chi connectivity index (χ4v) is 8.20. The van der Waals surface area contributed by atoms with E-state index in [9.17, 15) is 4.79 Å². The van der Waals surface area contributed by atoms with E-state index in [4.69, 9.17) is 0 Å². The highest BCUT2D eigenvalue weighted by atomic mass is 32.2. The van der Waals surface area contributed by atoms with Gasteiger partial charge in [0.2, 0.25) is 5.91 Å². The molecule has 1 unspecified atom stereocenters. The molecule has 0 spiro atoms. The summed E-state index contributed by atoms with van der Waals surface area (Å²) in [5.41, 5.74) is 0.499. The molecule has 2 aliphatic heterocycles. The third-order valence-electron chi connectivity index (χ3n) is 8.89. The highest BCUT2D eigenvalue weighted by Gasteiger charge is 2.56. The average molecular weight is 417 g/mol. The van der Waals surface area contributed by atoms with Crippen molar-refractivity contribution in [3.63, 3.8) is 0 Å². The Labute approximate surface area is 182 Å². The van der Waals surface area contributed by atoms with Crippen LogP contribution in [0.15, 0.2) is 11.6 Å². The van der Waals surface area contributed by atoms with E-state index in [1.165, 1.54) is 83.5 Å². The van der Waals surface area contributed by atoms with E-state index in [1.54, 1.807) is 0 Å². The molecule has 1 amide bonds. The second kappa shape index (κ2) is 8.85. The van der Waals surface area contributed by atoms with E-state index >= 15 is 0 Å². The molecule has 4 fully saturated rings. The first-order chi connectivity index (χ1) is 14.3. The molecule has 1 atom stereocenters. The molecular formula is C25H40N2OS. The Morgan fingerprint density at radius 2 is 1.62 bits per heavy atom. The lowest BCUT2D eigenvalue weighted by atomic mass is 9.81. The van der Waals surface area contributed by atoms with E-state index in [2.05, 4.69) is 33.2 Å². The standard InChI is InChI=1S/C25H40N2OS/c28-23(11-10-20-6-4-5-7-20)26-16-12-21(13-17-26)24-27(18-19-29-24)25(14-15-25)22-8-2-1-3-9-22/h18-22,24H,1-17H2. The van der Waals surface area contributed by atoms with Crippen LogP contribution in [0.25, 0.3) is 0 Å². The number of hydrogen-bond acceptors (Lipinski definition) is 3. The maximum absolute atomic E-state index is 12.7. The molecule has 29 heavy (non-hydrogen) atoms. The van der Waals surface area contributed by atoms with Crippen molar-refractivity contribution in [3.05, 3.63) is 11.6 Å². The average Bonchev–Trinajstić information content (AvgIpc) is 3.17. The summed E-state index contributed by atoms with van der Waals surface area (Å²) in [6.07, 6.45) is 22.4. The Kier molecular flexibility index (Phi) is 6.18. The lowest BCUT2D eigenvalue weighted by Crippen LogP contribution is -2.49. The van der Waals surface area contributed by atoms with E-state index in [-0.39, 0.29) is 0 Å². The van der Waals surface area contributed by atoms with Gasteiger partial charge in [0, 0.05) is 31.2 Å². The zero-order valence-corrected chi connectivity index (χ0v) is 19.0. The Balaban J connectivity index is 1.13. The highest BCUT2D eigenvalue weighted by Crippen LogP contribution is 2.57. The van der Waals surface area contributed by atoms with E-state index in [0.29, 0.717) is 16.8 Å². The van der Waals surface area contributed by atoms with Crippen molar-refractivity contribution in [1.82, 2.24) is 9.80 Å². The van der Waals surface area contributed by atoms with Gasteiger partial charge in [-0.1, -0.05) is 44.9 Å². The van der Waals surface area contributed by atoms with Crippen LogP contribution in [0, 0.1) is 17.8 Å².